The topological polar surface area (TPSA) is 181 Å². The molecule has 0 fully saturated rings. The molecule has 0 aromatic rings. The number of rotatable bonds is 15. The zero-order valence-corrected chi connectivity index (χ0v) is 23.8. The van der Waals surface area contributed by atoms with Gasteiger partial charge in [-0.25, -0.2) is 0 Å². The normalized spacial score (nSPS) is 8.72. The van der Waals surface area contributed by atoms with Gasteiger partial charge in [-0.3, -0.25) is 14.4 Å². The standard InChI is InChI=1S/C8H14O4.2C6H10O3.2Zr/c1-2-3-4-12-6-7(9)5-8(10)11;2*1-2-3-5(7)4-6(8)9;;/h2-6H2,1H3,(H,10,11);2*2-4H2,1H3,(H,8,9);;/q;;;2*+4/p-3. The molecule has 0 atom stereocenters. The molecule has 0 aromatic carbocycles. The Labute approximate surface area is 227 Å². The van der Waals surface area contributed by atoms with Crippen LogP contribution < -0.4 is 15.3 Å². The summed E-state index contributed by atoms with van der Waals surface area (Å²) >= 11 is 0. The minimum absolute atomic E-state index is 0. The fourth-order valence-electron chi connectivity index (χ4n) is 1.70. The van der Waals surface area contributed by atoms with E-state index < -0.39 is 43.0 Å². The summed E-state index contributed by atoms with van der Waals surface area (Å²) in [5, 5.41) is 29.4. The molecule has 0 radical (unpaired) electrons. The average molecular weight is 614 g/mol. The summed E-state index contributed by atoms with van der Waals surface area (Å²) in [5.74, 6) is -4.86. The summed E-state index contributed by atoms with van der Waals surface area (Å²) in [6.45, 7) is 6.05. The zero-order valence-electron chi connectivity index (χ0n) is 18.9. The summed E-state index contributed by atoms with van der Waals surface area (Å²) in [7, 11) is 0. The van der Waals surface area contributed by atoms with Crippen LogP contribution in [0.1, 0.15) is 78.6 Å². The van der Waals surface area contributed by atoms with Crippen molar-refractivity contribution in [3.8, 4) is 0 Å². The van der Waals surface area contributed by atoms with Gasteiger partial charge in [-0.15, -0.1) is 0 Å². The molecule has 0 amide bonds. The Morgan fingerprint density at radius 2 is 0.938 bits per heavy atom. The molecule has 10 nitrogen and oxygen atoms in total. The predicted molar refractivity (Wildman–Crippen MR) is 99.4 cm³/mol. The van der Waals surface area contributed by atoms with Gasteiger partial charge < -0.3 is 34.4 Å². The molecule has 0 spiro atoms. The van der Waals surface area contributed by atoms with Gasteiger partial charge in [0, 0.05) is 56.6 Å². The molecule has 0 heterocycles. The molecule has 0 N–H and O–H groups in total. The molecule has 0 bridgehead atoms. The van der Waals surface area contributed by atoms with Gasteiger partial charge in [0.1, 0.15) is 18.2 Å². The third-order valence-electron chi connectivity index (χ3n) is 2.99. The molecule has 0 aliphatic rings. The van der Waals surface area contributed by atoms with Crippen molar-refractivity contribution in [2.45, 2.75) is 78.6 Å². The van der Waals surface area contributed by atoms with Crippen molar-refractivity contribution in [1.82, 2.24) is 0 Å². The van der Waals surface area contributed by atoms with E-state index in [1.807, 2.05) is 20.8 Å². The molecular weight excluding hydrogens is 583 g/mol. The van der Waals surface area contributed by atoms with Gasteiger partial charge in [-0.05, 0) is 19.3 Å². The van der Waals surface area contributed by atoms with Crippen LogP contribution in [-0.4, -0.2) is 48.5 Å². The van der Waals surface area contributed by atoms with Crippen molar-refractivity contribution in [1.29, 1.82) is 0 Å². The molecule has 0 saturated heterocycles. The van der Waals surface area contributed by atoms with E-state index in [0.29, 0.717) is 32.3 Å². The van der Waals surface area contributed by atoms with Gasteiger partial charge in [0.2, 0.25) is 0 Å². The maximum Gasteiger partial charge on any atom is 4.00 e. The van der Waals surface area contributed by atoms with Gasteiger partial charge >= 0.3 is 52.4 Å². The molecule has 32 heavy (non-hydrogen) atoms. The van der Waals surface area contributed by atoms with E-state index >= 15 is 0 Å². The van der Waals surface area contributed by atoms with E-state index in [0.717, 1.165) is 12.8 Å². The van der Waals surface area contributed by atoms with Crippen LogP contribution in [0.3, 0.4) is 0 Å². The van der Waals surface area contributed by atoms with Crippen LogP contribution in [0.15, 0.2) is 0 Å². The number of carboxylic acid groups (broad SMARTS) is 3. The SMILES string of the molecule is CCCC(=O)CC(=O)[O-].CCCC(=O)CC(=O)[O-].CCCCOCC(=O)CC(=O)[O-].[Zr+4].[Zr+4]. The Morgan fingerprint density at radius 3 is 1.22 bits per heavy atom. The molecule has 0 aromatic heterocycles. The van der Waals surface area contributed by atoms with Gasteiger partial charge in [0.15, 0.2) is 5.78 Å². The first-order valence-corrected chi connectivity index (χ1v) is 9.72. The molecule has 0 unspecified atom stereocenters. The molecule has 174 valence electrons. The fraction of sp³-hybridized carbons (Fsp3) is 0.700. The van der Waals surface area contributed by atoms with Crippen LogP contribution >= 0.6 is 0 Å². The van der Waals surface area contributed by atoms with Gasteiger partial charge in [0.25, 0.3) is 0 Å². The van der Waals surface area contributed by atoms with Crippen LogP contribution in [0, 0.1) is 0 Å². The third-order valence-corrected chi connectivity index (χ3v) is 2.99. The van der Waals surface area contributed by atoms with E-state index in [9.17, 15) is 44.1 Å². The number of carbonyl (C=O) groups excluding carboxylic acids is 6. The molecule has 0 rings (SSSR count). The molecule has 0 aliphatic carbocycles. The fourth-order valence-corrected chi connectivity index (χ4v) is 1.70. The number of carbonyl (C=O) groups is 6. The summed E-state index contributed by atoms with van der Waals surface area (Å²) in [5.41, 5.74) is 0. The summed E-state index contributed by atoms with van der Waals surface area (Å²) in [4.78, 5) is 61.0. The Hall–Kier alpha value is -0.854. The monoisotopic (exact) mass is 611 g/mol. The number of unbranched alkanes of at least 4 members (excludes halogenated alkanes) is 1. The number of ether oxygens (including phenoxy) is 1. The van der Waals surface area contributed by atoms with Crippen LogP contribution in [0.25, 0.3) is 0 Å². The van der Waals surface area contributed by atoms with Gasteiger partial charge in [-0.2, -0.15) is 0 Å². The van der Waals surface area contributed by atoms with Crippen LogP contribution in [0.5, 0.6) is 0 Å². The number of aliphatic carboxylic acids is 3. The van der Waals surface area contributed by atoms with Gasteiger partial charge in [-0.1, -0.05) is 27.2 Å². The second-order valence-electron chi connectivity index (χ2n) is 6.17. The van der Waals surface area contributed by atoms with Crippen LogP contribution in [0.2, 0.25) is 0 Å². The van der Waals surface area contributed by atoms with Gasteiger partial charge in [0.05, 0.1) is 0 Å². The first-order valence-electron chi connectivity index (χ1n) is 9.72. The summed E-state index contributed by atoms with van der Waals surface area (Å²) in [6, 6.07) is 0. The first-order chi connectivity index (χ1) is 14.0. The van der Waals surface area contributed by atoms with Crippen molar-refractivity contribution in [3.63, 3.8) is 0 Å². The van der Waals surface area contributed by atoms with Crippen LogP contribution in [-0.2, 0) is 85.9 Å². The minimum Gasteiger partial charge on any atom is -0.550 e. The maximum atomic E-state index is 10.7. The predicted octanol–water partition coefficient (Wildman–Crippen LogP) is -1.50. The third kappa shape index (κ3) is 43.1. The molecule has 0 saturated carbocycles. The number of ketones is 3. The van der Waals surface area contributed by atoms with E-state index in [1.54, 1.807) is 0 Å². The van der Waals surface area contributed by atoms with E-state index in [4.69, 9.17) is 4.74 Å². The van der Waals surface area contributed by atoms with Crippen molar-refractivity contribution < 1.29 is 101 Å². The summed E-state index contributed by atoms with van der Waals surface area (Å²) in [6.07, 6.45) is 2.54. The number of carboxylic acids is 3. The second-order valence-corrected chi connectivity index (χ2v) is 6.17. The van der Waals surface area contributed by atoms with Crippen molar-refractivity contribution in [3.05, 3.63) is 0 Å². The average Bonchev–Trinajstić information content (AvgIpc) is 2.58. The largest absolute Gasteiger partial charge is 4.00 e. The molecular formula is C20H31O10Zr2+5. The number of Topliss-reactive ketones (excluding diaryl/α,β-unsaturated/α-hetero) is 3. The first kappa shape index (κ1) is 41.4. The maximum absolute atomic E-state index is 10.7. The van der Waals surface area contributed by atoms with E-state index in [2.05, 4.69) is 0 Å². The van der Waals surface area contributed by atoms with Crippen molar-refractivity contribution in [2.24, 2.45) is 0 Å². The van der Waals surface area contributed by atoms with Crippen molar-refractivity contribution >= 4 is 35.3 Å². The number of hydrogen-bond donors (Lipinski definition) is 0. The molecule has 0 aliphatic heterocycles. The second kappa shape index (κ2) is 30.1. The quantitative estimate of drug-likeness (QED) is 0.156. The Balaban J connectivity index is -0.000000112. The van der Waals surface area contributed by atoms with E-state index in [1.165, 1.54) is 0 Å². The smallest absolute Gasteiger partial charge is 0.550 e. The Morgan fingerprint density at radius 1 is 0.594 bits per heavy atom. The zero-order chi connectivity index (χ0) is 23.9. The minimum atomic E-state index is -1.35. The number of hydrogen-bond acceptors (Lipinski definition) is 10. The Bertz CT molecular complexity index is 520. The van der Waals surface area contributed by atoms with Crippen molar-refractivity contribution in [2.75, 3.05) is 13.2 Å². The summed E-state index contributed by atoms with van der Waals surface area (Å²) < 4.78 is 4.90. The van der Waals surface area contributed by atoms with Crippen LogP contribution in [0.4, 0.5) is 0 Å². The van der Waals surface area contributed by atoms with E-state index in [-0.39, 0.29) is 70.6 Å². The molecule has 12 heteroatoms. The Kier molecular flexibility index (Phi) is 39.0.